The van der Waals surface area contributed by atoms with Gasteiger partial charge in [-0.15, -0.1) is 0 Å². The number of halogens is 2. The molecule has 1 amide bonds. The molecule has 0 spiro atoms. The second kappa shape index (κ2) is 10.9. The van der Waals surface area contributed by atoms with Crippen LogP contribution in [0.25, 0.3) is 32.8 Å². The summed E-state index contributed by atoms with van der Waals surface area (Å²) >= 11 is 12.2. The molecule has 1 aromatic heterocycles. The number of hydrogen-bond acceptors (Lipinski definition) is 3. The second-order valence-corrected chi connectivity index (χ2v) is 11.0. The number of nitrogens with zero attached hydrogens (tertiary/aromatic N) is 2. The number of hydrogen-bond donors (Lipinski definition) is 2. The maximum absolute atomic E-state index is 13.2. The van der Waals surface area contributed by atoms with Gasteiger partial charge in [-0.05, 0) is 78.1 Å². The Balaban J connectivity index is 1.40. The predicted molar refractivity (Wildman–Crippen MR) is 163 cm³/mol. The molecule has 1 aliphatic rings. The molecule has 198 valence electrons. The summed E-state index contributed by atoms with van der Waals surface area (Å²) in [5, 5.41) is 15.5. The maximum atomic E-state index is 13.2. The van der Waals surface area contributed by atoms with E-state index < -0.39 is 0 Å². The molecule has 6 rings (SSSR count). The van der Waals surface area contributed by atoms with E-state index in [4.69, 9.17) is 28.3 Å². The van der Waals surface area contributed by atoms with Crippen LogP contribution in [-0.4, -0.2) is 22.2 Å². The monoisotopic (exact) mass is 556 g/mol. The van der Waals surface area contributed by atoms with E-state index in [-0.39, 0.29) is 5.91 Å². The molecule has 5 nitrogen and oxygen atoms in total. The third kappa shape index (κ3) is 5.09. The standard InChI is InChI=1S/C32H30Cl2N4O/c1-2-35-31-30-27(11-7-13-29(30)38(37-31)25-9-4-3-5-10-25)21-14-15-26-20(16-21)8-6-12-28(26)32(39)36-24-18-22(33)17-23(34)19-24/h6-8,11-19,25H,2-5,9-10H2,1H3,(H,35,37)(H,36,39). The fraction of sp³-hybridized carbons (Fsp3) is 0.250. The number of nitrogens with one attached hydrogen (secondary N) is 2. The van der Waals surface area contributed by atoms with Crippen LogP contribution in [0.5, 0.6) is 0 Å². The lowest BCUT2D eigenvalue weighted by atomic mass is 9.94. The number of fused-ring (bicyclic) bond motifs is 2. The van der Waals surface area contributed by atoms with Crippen molar-refractivity contribution in [3.05, 3.63) is 88.4 Å². The zero-order valence-electron chi connectivity index (χ0n) is 21.8. The molecule has 0 saturated heterocycles. The quantitative estimate of drug-likeness (QED) is 0.219. The highest BCUT2D eigenvalue weighted by Gasteiger charge is 2.22. The van der Waals surface area contributed by atoms with Gasteiger partial charge < -0.3 is 10.6 Å². The van der Waals surface area contributed by atoms with Crippen molar-refractivity contribution in [3.8, 4) is 11.1 Å². The Morgan fingerprint density at radius 1 is 0.949 bits per heavy atom. The minimum Gasteiger partial charge on any atom is -0.368 e. The summed E-state index contributed by atoms with van der Waals surface area (Å²) in [4.78, 5) is 13.2. The predicted octanol–water partition coefficient (Wildman–Crippen LogP) is 9.35. The smallest absolute Gasteiger partial charge is 0.256 e. The topological polar surface area (TPSA) is 59.0 Å². The molecule has 1 saturated carbocycles. The maximum Gasteiger partial charge on any atom is 0.256 e. The van der Waals surface area contributed by atoms with Crippen molar-refractivity contribution < 1.29 is 4.79 Å². The average Bonchev–Trinajstić information content (AvgIpc) is 3.31. The van der Waals surface area contributed by atoms with Gasteiger partial charge in [0.1, 0.15) is 0 Å². The number of amides is 1. The molecule has 0 radical (unpaired) electrons. The Bertz CT molecular complexity index is 1670. The number of rotatable bonds is 6. The Hall–Kier alpha value is -3.54. The minimum absolute atomic E-state index is 0.211. The van der Waals surface area contributed by atoms with Gasteiger partial charge in [-0.2, -0.15) is 5.10 Å². The van der Waals surface area contributed by atoms with Crippen LogP contribution in [0.2, 0.25) is 10.0 Å². The summed E-state index contributed by atoms with van der Waals surface area (Å²) in [5.74, 6) is 0.721. The first-order chi connectivity index (χ1) is 19.0. The van der Waals surface area contributed by atoms with Crippen LogP contribution in [0.3, 0.4) is 0 Å². The molecule has 4 aromatic carbocycles. The summed E-state index contributed by atoms with van der Waals surface area (Å²) in [6.07, 6.45) is 6.18. The minimum atomic E-state index is -0.211. The van der Waals surface area contributed by atoms with Crippen molar-refractivity contribution in [1.82, 2.24) is 9.78 Å². The molecule has 1 heterocycles. The highest BCUT2D eigenvalue weighted by Crippen LogP contribution is 2.39. The SMILES string of the molecule is CCNc1nn(C2CCCCC2)c2cccc(-c3ccc4c(C(=O)Nc5cc(Cl)cc(Cl)c5)cccc4c3)c12. The normalized spacial score (nSPS) is 14.1. The van der Waals surface area contributed by atoms with Crippen LogP contribution in [0.4, 0.5) is 11.5 Å². The van der Waals surface area contributed by atoms with Gasteiger partial charge in [0.05, 0.1) is 16.9 Å². The van der Waals surface area contributed by atoms with Gasteiger partial charge in [0.2, 0.25) is 0 Å². The van der Waals surface area contributed by atoms with E-state index in [9.17, 15) is 4.79 Å². The highest BCUT2D eigenvalue weighted by atomic mass is 35.5. The summed E-state index contributed by atoms with van der Waals surface area (Å²) in [7, 11) is 0. The van der Waals surface area contributed by atoms with Crippen molar-refractivity contribution >= 4 is 62.3 Å². The van der Waals surface area contributed by atoms with E-state index in [1.807, 2.05) is 24.3 Å². The molecule has 0 aliphatic heterocycles. The van der Waals surface area contributed by atoms with Gasteiger partial charge in [-0.1, -0.05) is 78.9 Å². The fourth-order valence-electron chi connectivity index (χ4n) is 5.80. The summed E-state index contributed by atoms with van der Waals surface area (Å²) in [6, 6.07) is 24.0. The number of benzene rings is 4. The fourth-order valence-corrected chi connectivity index (χ4v) is 6.33. The molecule has 0 unspecified atom stereocenters. The van der Waals surface area contributed by atoms with Crippen molar-refractivity contribution in [2.24, 2.45) is 0 Å². The molecule has 5 aromatic rings. The van der Waals surface area contributed by atoms with Crippen molar-refractivity contribution in [2.75, 3.05) is 17.2 Å². The van der Waals surface area contributed by atoms with Crippen molar-refractivity contribution in [3.63, 3.8) is 0 Å². The zero-order valence-corrected chi connectivity index (χ0v) is 23.3. The van der Waals surface area contributed by atoms with E-state index >= 15 is 0 Å². The van der Waals surface area contributed by atoms with Crippen LogP contribution < -0.4 is 10.6 Å². The van der Waals surface area contributed by atoms with E-state index in [0.717, 1.165) is 39.6 Å². The summed E-state index contributed by atoms with van der Waals surface area (Å²) < 4.78 is 2.25. The van der Waals surface area contributed by atoms with Crippen molar-refractivity contribution in [2.45, 2.75) is 45.1 Å². The van der Waals surface area contributed by atoms with E-state index in [1.54, 1.807) is 18.2 Å². The lowest BCUT2D eigenvalue weighted by molar-refractivity contribution is 0.102. The first-order valence-electron chi connectivity index (χ1n) is 13.6. The first kappa shape index (κ1) is 25.7. The second-order valence-electron chi connectivity index (χ2n) is 10.2. The Morgan fingerprint density at radius 2 is 1.72 bits per heavy atom. The number of anilines is 2. The summed E-state index contributed by atoms with van der Waals surface area (Å²) in [5.41, 5.74) is 4.55. The third-order valence-corrected chi connectivity index (χ3v) is 7.99. The van der Waals surface area contributed by atoms with Crippen LogP contribution in [0.15, 0.2) is 72.8 Å². The van der Waals surface area contributed by atoms with Gasteiger partial charge in [0.25, 0.3) is 5.91 Å². The largest absolute Gasteiger partial charge is 0.368 e. The van der Waals surface area contributed by atoms with E-state index in [1.165, 1.54) is 37.6 Å². The van der Waals surface area contributed by atoms with Gasteiger partial charge in [-0.3, -0.25) is 9.48 Å². The van der Waals surface area contributed by atoms with Crippen LogP contribution in [0.1, 0.15) is 55.4 Å². The molecule has 39 heavy (non-hydrogen) atoms. The van der Waals surface area contributed by atoms with Crippen molar-refractivity contribution in [1.29, 1.82) is 0 Å². The van der Waals surface area contributed by atoms with Gasteiger partial charge in [0.15, 0.2) is 5.82 Å². The molecule has 2 N–H and O–H groups in total. The molecular weight excluding hydrogens is 527 g/mol. The summed E-state index contributed by atoms with van der Waals surface area (Å²) in [6.45, 7) is 2.91. The van der Waals surface area contributed by atoms with Gasteiger partial charge in [0, 0.05) is 27.8 Å². The molecule has 0 atom stereocenters. The van der Waals surface area contributed by atoms with Crippen LogP contribution in [-0.2, 0) is 0 Å². The highest BCUT2D eigenvalue weighted by molar-refractivity contribution is 6.35. The lowest BCUT2D eigenvalue weighted by Gasteiger charge is -2.22. The Kier molecular flexibility index (Phi) is 7.20. The Morgan fingerprint density at radius 3 is 2.49 bits per heavy atom. The Labute approximate surface area is 238 Å². The van der Waals surface area contributed by atoms with Crippen LogP contribution >= 0.6 is 23.2 Å². The number of carbonyl (C=O) groups is 1. The van der Waals surface area contributed by atoms with E-state index in [2.05, 4.69) is 52.6 Å². The van der Waals surface area contributed by atoms with E-state index in [0.29, 0.717) is 27.3 Å². The number of aromatic nitrogens is 2. The van der Waals surface area contributed by atoms with Gasteiger partial charge >= 0.3 is 0 Å². The third-order valence-electron chi connectivity index (χ3n) is 7.56. The zero-order chi connectivity index (χ0) is 26.9. The molecule has 1 fully saturated rings. The average molecular weight is 558 g/mol. The van der Waals surface area contributed by atoms with Gasteiger partial charge in [-0.25, -0.2) is 0 Å². The molecule has 0 bridgehead atoms. The molecular formula is C32H30Cl2N4O. The molecule has 7 heteroatoms. The number of carbonyl (C=O) groups excluding carboxylic acids is 1. The first-order valence-corrected chi connectivity index (χ1v) is 14.3. The molecule has 1 aliphatic carbocycles. The van der Waals surface area contributed by atoms with Crippen LogP contribution in [0, 0.1) is 0 Å². The lowest BCUT2D eigenvalue weighted by Crippen LogP contribution is -2.14.